The van der Waals surface area contributed by atoms with Crippen molar-refractivity contribution >= 4 is 27.8 Å². The number of anilines is 3. The van der Waals surface area contributed by atoms with Gasteiger partial charge in [-0.15, -0.1) is 0 Å². The Hall–Kier alpha value is -6.96. The zero-order valence-electron chi connectivity index (χ0n) is 35.4. The van der Waals surface area contributed by atoms with E-state index >= 15 is 0 Å². The summed E-state index contributed by atoms with van der Waals surface area (Å²) in [7, 11) is 0. The van der Waals surface area contributed by atoms with Gasteiger partial charge in [0.25, 0.3) is 0 Å². The molecule has 0 unspecified atom stereocenters. The Morgan fingerprint density at radius 2 is 0.887 bits per heavy atom. The van der Waals surface area contributed by atoms with Crippen molar-refractivity contribution in [1.29, 1.82) is 0 Å². The topological polar surface area (TPSA) is 3.24 Å². The first-order valence-corrected chi connectivity index (χ1v) is 22.6. The van der Waals surface area contributed by atoms with Crippen LogP contribution in [0.2, 0.25) is 0 Å². The fourth-order valence-corrected chi connectivity index (χ4v) is 12.4. The van der Waals surface area contributed by atoms with Crippen LogP contribution >= 0.6 is 0 Å². The monoisotopic (exact) mass is 793 g/mol. The zero-order valence-corrected chi connectivity index (χ0v) is 35.4. The average Bonchev–Trinajstić information content (AvgIpc) is 3.89. The van der Waals surface area contributed by atoms with Crippen LogP contribution in [0.15, 0.2) is 188 Å². The molecular formula is C61H47N. The third-order valence-electron chi connectivity index (χ3n) is 15.2. The minimum absolute atomic E-state index is 0.0623. The Balaban J connectivity index is 1.01. The van der Waals surface area contributed by atoms with Crippen molar-refractivity contribution in [1.82, 2.24) is 0 Å². The van der Waals surface area contributed by atoms with Crippen LogP contribution in [0, 0.1) is 0 Å². The Morgan fingerprint density at radius 3 is 1.65 bits per heavy atom. The standard InChI is InChI=1S/C61H47N/c1-60(2)51-27-8-6-23-49(51)58-53(60)29-15-31-55(58)62(56-32-16-30-54-59(56)50-24-7-9-28-52(50)61(54)35-10-3-11-36-61)42-20-13-18-40(38-42)39-17-12-19-41(37-39)43-33-34-48-45-22-5-4-21-44(45)47-26-14-25-46(43)57(47)48/h4-9,12-34,37-38H,3,10-11,35-36H2,1-2H3. The minimum Gasteiger partial charge on any atom is -0.309 e. The van der Waals surface area contributed by atoms with E-state index in [9.17, 15) is 0 Å². The summed E-state index contributed by atoms with van der Waals surface area (Å²) in [6.45, 7) is 4.78. The lowest BCUT2D eigenvalue weighted by atomic mass is 9.68. The number of benzene rings is 9. The molecule has 0 atom stereocenters. The SMILES string of the molecule is CC1(C)c2ccccc2-c2c(N(c3cccc(-c4cccc(-c5ccc6c7c(cccc57)-c5ccccc5-6)c4)c3)c3cccc4c3-c3ccccc3C43CCCCC3)cccc21. The molecule has 0 amide bonds. The van der Waals surface area contributed by atoms with Gasteiger partial charge in [-0.1, -0.05) is 191 Å². The smallest absolute Gasteiger partial charge is 0.0543 e. The van der Waals surface area contributed by atoms with Crippen LogP contribution in [0.1, 0.15) is 68.2 Å². The second-order valence-electron chi connectivity index (χ2n) is 18.7. The van der Waals surface area contributed by atoms with Gasteiger partial charge in [0.05, 0.1) is 11.4 Å². The normalized spacial score (nSPS) is 15.5. The summed E-state index contributed by atoms with van der Waals surface area (Å²) in [4.78, 5) is 2.61. The first-order chi connectivity index (χ1) is 30.5. The molecule has 13 rings (SSSR count). The average molecular weight is 794 g/mol. The van der Waals surface area contributed by atoms with Gasteiger partial charge in [0, 0.05) is 27.6 Å². The molecule has 1 nitrogen and oxygen atoms in total. The summed E-state index contributed by atoms with van der Waals surface area (Å²) in [5.74, 6) is 0. The van der Waals surface area contributed by atoms with Gasteiger partial charge in [-0.05, 0) is 132 Å². The summed E-state index contributed by atoms with van der Waals surface area (Å²) >= 11 is 0. The van der Waals surface area contributed by atoms with Crippen molar-refractivity contribution in [2.24, 2.45) is 0 Å². The molecular weight excluding hydrogens is 747 g/mol. The molecule has 0 N–H and O–H groups in total. The van der Waals surface area contributed by atoms with Gasteiger partial charge in [0.1, 0.15) is 0 Å². The van der Waals surface area contributed by atoms with Crippen LogP contribution in [0.4, 0.5) is 17.1 Å². The van der Waals surface area contributed by atoms with E-state index in [-0.39, 0.29) is 10.8 Å². The molecule has 0 aliphatic heterocycles. The van der Waals surface area contributed by atoms with Crippen molar-refractivity contribution in [2.45, 2.75) is 56.8 Å². The fourth-order valence-electron chi connectivity index (χ4n) is 12.4. The molecule has 62 heavy (non-hydrogen) atoms. The molecule has 296 valence electrons. The van der Waals surface area contributed by atoms with Gasteiger partial charge < -0.3 is 4.90 Å². The van der Waals surface area contributed by atoms with Crippen molar-refractivity contribution in [3.8, 4) is 66.8 Å². The maximum Gasteiger partial charge on any atom is 0.0543 e. The number of hydrogen-bond acceptors (Lipinski definition) is 1. The predicted octanol–water partition coefficient (Wildman–Crippen LogP) is 16.8. The van der Waals surface area contributed by atoms with Gasteiger partial charge in [-0.2, -0.15) is 0 Å². The zero-order chi connectivity index (χ0) is 41.2. The van der Waals surface area contributed by atoms with Crippen molar-refractivity contribution in [2.75, 3.05) is 4.90 Å². The van der Waals surface area contributed by atoms with E-state index in [1.54, 1.807) is 0 Å². The highest BCUT2D eigenvalue weighted by atomic mass is 15.1. The maximum absolute atomic E-state index is 2.61. The Morgan fingerprint density at radius 1 is 0.371 bits per heavy atom. The van der Waals surface area contributed by atoms with E-state index in [2.05, 4.69) is 207 Å². The first kappa shape index (κ1) is 35.8. The second kappa shape index (κ2) is 13.3. The third kappa shape index (κ3) is 4.91. The van der Waals surface area contributed by atoms with Crippen LogP contribution in [0.5, 0.6) is 0 Å². The summed E-state index contributed by atoms with van der Waals surface area (Å²) < 4.78 is 0. The molecule has 0 radical (unpaired) electrons. The van der Waals surface area contributed by atoms with E-state index in [4.69, 9.17) is 0 Å². The van der Waals surface area contributed by atoms with Crippen LogP contribution in [0.25, 0.3) is 77.5 Å². The number of rotatable bonds is 5. The molecule has 0 aromatic heterocycles. The lowest BCUT2D eigenvalue weighted by Gasteiger charge is -2.36. The van der Waals surface area contributed by atoms with Crippen LogP contribution < -0.4 is 4.90 Å². The quantitative estimate of drug-likeness (QED) is 0.168. The van der Waals surface area contributed by atoms with Gasteiger partial charge in [0.2, 0.25) is 0 Å². The summed E-state index contributed by atoms with van der Waals surface area (Å²) in [6.07, 6.45) is 6.29. The lowest BCUT2D eigenvalue weighted by molar-refractivity contribution is 0.353. The van der Waals surface area contributed by atoms with E-state index in [1.807, 2.05) is 0 Å². The van der Waals surface area contributed by atoms with Gasteiger partial charge in [-0.25, -0.2) is 0 Å². The summed E-state index contributed by atoms with van der Waals surface area (Å²) in [5.41, 5.74) is 25.1. The van der Waals surface area contributed by atoms with E-state index < -0.39 is 0 Å². The number of fused-ring (bicyclic) bond motifs is 11. The highest BCUT2D eigenvalue weighted by Crippen LogP contribution is 2.61. The molecule has 1 fully saturated rings. The molecule has 1 spiro atoms. The molecule has 0 heterocycles. The molecule has 0 saturated heterocycles. The molecule has 0 bridgehead atoms. The molecule has 1 saturated carbocycles. The number of hydrogen-bond donors (Lipinski definition) is 0. The van der Waals surface area contributed by atoms with Crippen molar-refractivity contribution in [3.05, 3.63) is 210 Å². The van der Waals surface area contributed by atoms with Gasteiger partial charge in [-0.3, -0.25) is 0 Å². The highest BCUT2D eigenvalue weighted by molar-refractivity contribution is 6.18. The van der Waals surface area contributed by atoms with Crippen LogP contribution in [0.3, 0.4) is 0 Å². The largest absolute Gasteiger partial charge is 0.309 e. The number of nitrogens with zero attached hydrogens (tertiary/aromatic N) is 1. The predicted molar refractivity (Wildman–Crippen MR) is 261 cm³/mol. The summed E-state index contributed by atoms with van der Waals surface area (Å²) in [5, 5.41) is 2.67. The van der Waals surface area contributed by atoms with E-state index in [0.29, 0.717) is 0 Å². The lowest BCUT2D eigenvalue weighted by Crippen LogP contribution is -2.28. The Kier molecular flexibility index (Phi) is 7.65. The van der Waals surface area contributed by atoms with Crippen LogP contribution in [-0.4, -0.2) is 0 Å². The molecule has 4 aliphatic rings. The highest BCUT2D eigenvalue weighted by Gasteiger charge is 2.45. The maximum atomic E-state index is 2.61. The molecule has 4 aliphatic carbocycles. The molecule has 9 aromatic carbocycles. The minimum atomic E-state index is -0.112. The van der Waals surface area contributed by atoms with Crippen molar-refractivity contribution < 1.29 is 0 Å². The molecule has 1 heteroatoms. The fraction of sp³-hybridized carbons (Fsp3) is 0.148. The van der Waals surface area contributed by atoms with Gasteiger partial charge >= 0.3 is 0 Å². The first-order valence-electron chi connectivity index (χ1n) is 22.6. The second-order valence-corrected chi connectivity index (χ2v) is 18.7. The van der Waals surface area contributed by atoms with E-state index in [0.717, 1.165) is 0 Å². The van der Waals surface area contributed by atoms with E-state index in [1.165, 1.54) is 149 Å². The molecule has 9 aromatic rings. The van der Waals surface area contributed by atoms with Crippen LogP contribution in [-0.2, 0) is 10.8 Å². The summed E-state index contributed by atoms with van der Waals surface area (Å²) in [6, 6.07) is 71.5. The Bertz CT molecular complexity index is 3290. The van der Waals surface area contributed by atoms with Crippen molar-refractivity contribution in [3.63, 3.8) is 0 Å². The Labute approximate surface area is 365 Å². The third-order valence-corrected chi connectivity index (χ3v) is 15.2. The van der Waals surface area contributed by atoms with Gasteiger partial charge in [0.15, 0.2) is 0 Å².